The molecule has 2 N–H and O–H groups in total. The Morgan fingerprint density at radius 1 is 1.28 bits per heavy atom. The maximum absolute atomic E-state index is 4.41. The predicted octanol–water partition coefficient (Wildman–Crippen LogP) is 2.84. The van der Waals surface area contributed by atoms with Crippen LogP contribution in [-0.4, -0.2) is 21.5 Å². The second kappa shape index (κ2) is 5.78. The van der Waals surface area contributed by atoms with Crippen molar-refractivity contribution in [3.63, 3.8) is 0 Å². The molecule has 1 atom stereocenters. The standard InChI is InChI=1S/C14H20N4/c1-4-7-15-11(3)13-9-17-14(18-13)12-6-5-10(2)16-8-12/h5-6,8-9,11,15H,4,7H2,1-3H3,(H,17,18). The molecule has 0 radical (unpaired) electrons. The molecule has 0 fully saturated rings. The molecule has 2 heterocycles. The van der Waals surface area contributed by atoms with E-state index in [0.717, 1.165) is 35.7 Å². The summed E-state index contributed by atoms with van der Waals surface area (Å²) in [6.07, 6.45) is 4.87. The van der Waals surface area contributed by atoms with Crippen LogP contribution in [0.1, 0.15) is 37.7 Å². The highest BCUT2D eigenvalue weighted by atomic mass is 15.0. The van der Waals surface area contributed by atoms with E-state index < -0.39 is 0 Å². The van der Waals surface area contributed by atoms with E-state index in [2.05, 4.69) is 34.1 Å². The second-order valence-electron chi connectivity index (χ2n) is 4.55. The lowest BCUT2D eigenvalue weighted by Crippen LogP contribution is -2.19. The first-order valence-electron chi connectivity index (χ1n) is 6.42. The first-order chi connectivity index (χ1) is 8.70. The van der Waals surface area contributed by atoms with Crippen LogP contribution in [0.4, 0.5) is 0 Å². The monoisotopic (exact) mass is 244 g/mol. The quantitative estimate of drug-likeness (QED) is 0.850. The molecular weight excluding hydrogens is 224 g/mol. The number of pyridine rings is 1. The summed E-state index contributed by atoms with van der Waals surface area (Å²) in [5, 5.41) is 3.44. The van der Waals surface area contributed by atoms with Gasteiger partial charge in [-0.3, -0.25) is 4.98 Å². The molecule has 4 heteroatoms. The Labute approximate surface area is 108 Å². The van der Waals surface area contributed by atoms with E-state index >= 15 is 0 Å². The fourth-order valence-corrected chi connectivity index (χ4v) is 1.78. The average Bonchev–Trinajstić information content (AvgIpc) is 2.86. The van der Waals surface area contributed by atoms with Gasteiger partial charge in [0.25, 0.3) is 0 Å². The predicted molar refractivity (Wildman–Crippen MR) is 73.3 cm³/mol. The summed E-state index contributed by atoms with van der Waals surface area (Å²) in [6.45, 7) is 7.30. The minimum atomic E-state index is 0.296. The van der Waals surface area contributed by atoms with Crippen molar-refractivity contribution in [3.8, 4) is 11.4 Å². The molecule has 4 nitrogen and oxygen atoms in total. The first-order valence-corrected chi connectivity index (χ1v) is 6.42. The molecule has 18 heavy (non-hydrogen) atoms. The molecule has 96 valence electrons. The van der Waals surface area contributed by atoms with Gasteiger partial charge in [0.05, 0.1) is 11.9 Å². The van der Waals surface area contributed by atoms with Crippen LogP contribution in [0.3, 0.4) is 0 Å². The Hall–Kier alpha value is -1.68. The van der Waals surface area contributed by atoms with Gasteiger partial charge in [-0.15, -0.1) is 0 Å². The Kier molecular flexibility index (Phi) is 4.10. The Balaban J connectivity index is 2.12. The first kappa shape index (κ1) is 12.8. The summed E-state index contributed by atoms with van der Waals surface area (Å²) < 4.78 is 0. The normalized spacial score (nSPS) is 12.6. The van der Waals surface area contributed by atoms with E-state index in [-0.39, 0.29) is 0 Å². The number of nitrogens with zero attached hydrogens (tertiary/aromatic N) is 2. The topological polar surface area (TPSA) is 53.6 Å². The molecule has 0 saturated heterocycles. The van der Waals surface area contributed by atoms with E-state index in [9.17, 15) is 0 Å². The Bertz CT molecular complexity index is 487. The van der Waals surface area contributed by atoms with Crippen LogP contribution < -0.4 is 5.32 Å². The maximum Gasteiger partial charge on any atom is 0.139 e. The third-order valence-corrected chi connectivity index (χ3v) is 2.95. The number of hydrogen-bond donors (Lipinski definition) is 2. The van der Waals surface area contributed by atoms with E-state index in [0.29, 0.717) is 6.04 Å². The van der Waals surface area contributed by atoms with Gasteiger partial charge in [-0.05, 0) is 38.9 Å². The van der Waals surface area contributed by atoms with Gasteiger partial charge in [0.2, 0.25) is 0 Å². The highest BCUT2D eigenvalue weighted by molar-refractivity contribution is 5.53. The molecule has 2 aromatic rings. The largest absolute Gasteiger partial charge is 0.341 e. The average molecular weight is 244 g/mol. The molecule has 0 spiro atoms. The fraction of sp³-hybridized carbons (Fsp3) is 0.429. The number of H-pyrrole nitrogens is 1. The number of rotatable bonds is 5. The van der Waals surface area contributed by atoms with Crippen LogP contribution in [0.25, 0.3) is 11.4 Å². The van der Waals surface area contributed by atoms with Crippen molar-refractivity contribution in [2.24, 2.45) is 0 Å². The minimum Gasteiger partial charge on any atom is -0.341 e. The van der Waals surface area contributed by atoms with E-state index in [1.54, 1.807) is 0 Å². The third kappa shape index (κ3) is 2.96. The third-order valence-electron chi connectivity index (χ3n) is 2.95. The van der Waals surface area contributed by atoms with Crippen LogP contribution in [-0.2, 0) is 0 Å². The highest BCUT2D eigenvalue weighted by Gasteiger charge is 2.09. The molecule has 0 saturated carbocycles. The second-order valence-corrected chi connectivity index (χ2v) is 4.55. The number of nitrogens with one attached hydrogen (secondary N) is 2. The summed E-state index contributed by atoms with van der Waals surface area (Å²) in [7, 11) is 0. The summed E-state index contributed by atoms with van der Waals surface area (Å²) >= 11 is 0. The molecule has 0 amide bonds. The number of aromatic nitrogens is 3. The number of hydrogen-bond acceptors (Lipinski definition) is 3. The molecule has 0 aliphatic heterocycles. The summed E-state index contributed by atoms with van der Waals surface area (Å²) in [6, 6.07) is 4.33. The zero-order valence-electron chi connectivity index (χ0n) is 11.2. The van der Waals surface area contributed by atoms with Gasteiger partial charge in [0.15, 0.2) is 0 Å². The molecule has 2 aromatic heterocycles. The van der Waals surface area contributed by atoms with Crippen LogP contribution in [0, 0.1) is 6.92 Å². The minimum absolute atomic E-state index is 0.296. The zero-order valence-corrected chi connectivity index (χ0v) is 11.2. The van der Waals surface area contributed by atoms with Crippen molar-refractivity contribution in [1.29, 1.82) is 0 Å². The van der Waals surface area contributed by atoms with Gasteiger partial charge in [-0.25, -0.2) is 4.98 Å². The smallest absolute Gasteiger partial charge is 0.139 e. The summed E-state index contributed by atoms with van der Waals surface area (Å²) in [5.74, 6) is 0.877. The molecule has 0 aliphatic carbocycles. The van der Waals surface area contributed by atoms with Gasteiger partial charge in [-0.1, -0.05) is 6.92 Å². The van der Waals surface area contributed by atoms with Crippen LogP contribution >= 0.6 is 0 Å². The van der Waals surface area contributed by atoms with Gasteiger partial charge in [0, 0.05) is 23.5 Å². The van der Waals surface area contributed by atoms with Crippen LogP contribution in [0.15, 0.2) is 24.5 Å². The van der Waals surface area contributed by atoms with Crippen LogP contribution in [0.5, 0.6) is 0 Å². The number of aromatic amines is 1. The van der Waals surface area contributed by atoms with Gasteiger partial charge in [0.1, 0.15) is 5.82 Å². The van der Waals surface area contributed by atoms with E-state index in [4.69, 9.17) is 0 Å². The van der Waals surface area contributed by atoms with E-state index in [1.807, 2.05) is 31.5 Å². The van der Waals surface area contributed by atoms with Crippen molar-refractivity contribution >= 4 is 0 Å². The SMILES string of the molecule is CCCNC(C)c1cnc(-c2ccc(C)nc2)[nH]1. The molecule has 1 unspecified atom stereocenters. The lowest BCUT2D eigenvalue weighted by molar-refractivity contribution is 0.561. The van der Waals surface area contributed by atoms with Crippen molar-refractivity contribution < 1.29 is 0 Å². The van der Waals surface area contributed by atoms with E-state index in [1.165, 1.54) is 0 Å². The molecule has 0 bridgehead atoms. The number of aryl methyl sites for hydroxylation is 1. The molecule has 2 rings (SSSR count). The molecule has 0 aliphatic rings. The molecular formula is C14H20N4. The highest BCUT2D eigenvalue weighted by Crippen LogP contribution is 2.17. The Morgan fingerprint density at radius 2 is 2.11 bits per heavy atom. The summed E-state index contributed by atoms with van der Waals surface area (Å²) in [5.41, 5.74) is 3.15. The van der Waals surface area contributed by atoms with Crippen LogP contribution in [0.2, 0.25) is 0 Å². The lowest BCUT2D eigenvalue weighted by Gasteiger charge is -2.10. The van der Waals surface area contributed by atoms with Crippen molar-refractivity contribution in [1.82, 2.24) is 20.3 Å². The zero-order chi connectivity index (χ0) is 13.0. The summed E-state index contributed by atoms with van der Waals surface area (Å²) in [4.78, 5) is 12.0. The van der Waals surface area contributed by atoms with Crippen molar-refractivity contribution in [2.75, 3.05) is 6.54 Å². The van der Waals surface area contributed by atoms with Gasteiger partial charge < -0.3 is 10.3 Å². The van der Waals surface area contributed by atoms with Crippen molar-refractivity contribution in [3.05, 3.63) is 35.9 Å². The van der Waals surface area contributed by atoms with Gasteiger partial charge in [-0.2, -0.15) is 0 Å². The van der Waals surface area contributed by atoms with Crippen molar-refractivity contribution in [2.45, 2.75) is 33.2 Å². The molecule has 0 aromatic carbocycles. The van der Waals surface area contributed by atoms with Gasteiger partial charge >= 0.3 is 0 Å². The fourth-order valence-electron chi connectivity index (χ4n) is 1.78. The Morgan fingerprint density at radius 3 is 2.78 bits per heavy atom. The maximum atomic E-state index is 4.41. The lowest BCUT2D eigenvalue weighted by atomic mass is 10.2. The number of imidazole rings is 1.